The molecule has 2 heteroatoms. The third kappa shape index (κ3) is 3.14. The molecule has 0 spiro atoms. The fourth-order valence-corrected chi connectivity index (χ4v) is 1.23. The predicted octanol–water partition coefficient (Wildman–Crippen LogP) is 3.12. The van der Waals surface area contributed by atoms with Crippen LogP contribution in [0.4, 0.5) is 0 Å². The summed E-state index contributed by atoms with van der Waals surface area (Å²) in [6.07, 6.45) is 11.2. The highest BCUT2D eigenvalue weighted by molar-refractivity contribution is 7.06. The Balaban J connectivity index is 2.37. The summed E-state index contributed by atoms with van der Waals surface area (Å²) >= 11 is 1.52. The largest absolute Gasteiger partial charge is 0.201 e. The predicted molar refractivity (Wildman–Crippen MR) is 50.6 cm³/mol. The average molecular weight is 165 g/mol. The lowest BCUT2D eigenvalue weighted by Gasteiger charge is -1.80. The molecule has 0 atom stereocenters. The van der Waals surface area contributed by atoms with Gasteiger partial charge in [0.1, 0.15) is 0 Å². The van der Waals surface area contributed by atoms with E-state index in [0.717, 1.165) is 6.42 Å². The van der Waals surface area contributed by atoms with Crippen LogP contribution in [0.3, 0.4) is 0 Å². The van der Waals surface area contributed by atoms with Gasteiger partial charge >= 0.3 is 0 Å². The summed E-state index contributed by atoms with van der Waals surface area (Å²) in [5.41, 5.74) is 0. The maximum absolute atomic E-state index is 3.99. The van der Waals surface area contributed by atoms with Gasteiger partial charge in [-0.2, -0.15) is 0 Å². The van der Waals surface area contributed by atoms with Gasteiger partial charge < -0.3 is 0 Å². The monoisotopic (exact) mass is 165 g/mol. The lowest BCUT2D eigenvalue weighted by molar-refractivity contribution is 1.39. The normalized spacial score (nSPS) is 11.7. The zero-order chi connectivity index (χ0) is 7.94. The van der Waals surface area contributed by atoms with Crippen molar-refractivity contribution >= 4 is 17.6 Å². The van der Waals surface area contributed by atoms with Crippen molar-refractivity contribution in [1.82, 2.24) is 4.37 Å². The van der Waals surface area contributed by atoms with Crippen molar-refractivity contribution < 1.29 is 0 Å². The first-order chi connectivity index (χ1) is 5.43. The molecule has 0 unspecified atom stereocenters. The number of hydrogen-bond donors (Lipinski definition) is 0. The van der Waals surface area contributed by atoms with Crippen molar-refractivity contribution in [3.8, 4) is 0 Å². The molecule has 58 valence electrons. The Hall–Kier alpha value is -0.890. The number of rotatable bonds is 3. The molecule has 1 aromatic heterocycles. The molecule has 0 fully saturated rings. The molecule has 1 heterocycles. The van der Waals surface area contributed by atoms with Gasteiger partial charge in [-0.3, -0.25) is 0 Å². The molecule has 0 aliphatic heterocycles. The van der Waals surface area contributed by atoms with Gasteiger partial charge in [-0.1, -0.05) is 18.2 Å². The van der Waals surface area contributed by atoms with E-state index in [-0.39, 0.29) is 0 Å². The summed E-state index contributed by atoms with van der Waals surface area (Å²) in [4.78, 5) is 1.22. The first-order valence-corrected chi connectivity index (χ1v) is 4.39. The second kappa shape index (κ2) is 4.85. The summed E-state index contributed by atoms with van der Waals surface area (Å²) in [6.45, 7) is 2.03. The van der Waals surface area contributed by atoms with Crippen molar-refractivity contribution in [3.63, 3.8) is 0 Å². The quantitative estimate of drug-likeness (QED) is 0.627. The minimum absolute atomic E-state index is 1.01. The van der Waals surface area contributed by atoms with E-state index < -0.39 is 0 Å². The van der Waals surface area contributed by atoms with Gasteiger partial charge in [-0.15, -0.1) is 0 Å². The standard InChI is InChI=1S/C9H11NS/c1-2-3-4-5-6-9-7-8-10-11-9/h2-3,5-8H,4H2,1H3/b3-2-,6-5-. The molecule has 0 N–H and O–H groups in total. The number of allylic oxidation sites excluding steroid dienone is 3. The van der Waals surface area contributed by atoms with E-state index in [2.05, 4.69) is 28.7 Å². The van der Waals surface area contributed by atoms with Gasteiger partial charge in [0.05, 0.1) is 0 Å². The summed E-state index contributed by atoms with van der Waals surface area (Å²) in [6, 6.07) is 2.01. The van der Waals surface area contributed by atoms with Gasteiger partial charge in [0, 0.05) is 11.1 Å². The summed E-state index contributed by atoms with van der Waals surface area (Å²) in [5, 5.41) is 0. The Morgan fingerprint density at radius 3 is 3.09 bits per heavy atom. The van der Waals surface area contributed by atoms with E-state index in [1.54, 1.807) is 0 Å². The molecule has 0 amide bonds. The van der Waals surface area contributed by atoms with Crippen molar-refractivity contribution in [2.45, 2.75) is 13.3 Å². The van der Waals surface area contributed by atoms with Gasteiger partial charge in [0.2, 0.25) is 0 Å². The Morgan fingerprint density at radius 1 is 1.55 bits per heavy atom. The number of hydrogen-bond acceptors (Lipinski definition) is 2. The zero-order valence-corrected chi connectivity index (χ0v) is 7.34. The highest BCUT2D eigenvalue weighted by Crippen LogP contribution is 2.06. The fourth-order valence-electron chi connectivity index (χ4n) is 0.710. The molecule has 0 bridgehead atoms. The van der Waals surface area contributed by atoms with Crippen LogP contribution in [0.2, 0.25) is 0 Å². The summed E-state index contributed by atoms with van der Waals surface area (Å²) in [7, 11) is 0. The highest BCUT2D eigenvalue weighted by Gasteiger charge is 1.83. The Bertz CT molecular complexity index is 234. The molecule has 0 radical (unpaired) electrons. The van der Waals surface area contributed by atoms with Crippen LogP contribution < -0.4 is 0 Å². The van der Waals surface area contributed by atoms with Crippen molar-refractivity contribution in [1.29, 1.82) is 0 Å². The molecule has 0 saturated heterocycles. The highest BCUT2D eigenvalue weighted by atomic mass is 32.1. The van der Waals surface area contributed by atoms with E-state index in [9.17, 15) is 0 Å². The lowest BCUT2D eigenvalue weighted by Crippen LogP contribution is -1.58. The van der Waals surface area contributed by atoms with Crippen LogP contribution in [0.15, 0.2) is 30.5 Å². The van der Waals surface area contributed by atoms with E-state index >= 15 is 0 Å². The van der Waals surface area contributed by atoms with Gasteiger partial charge in [-0.25, -0.2) is 4.37 Å². The zero-order valence-electron chi connectivity index (χ0n) is 6.53. The lowest BCUT2D eigenvalue weighted by atomic mass is 10.3. The topological polar surface area (TPSA) is 12.9 Å². The van der Waals surface area contributed by atoms with E-state index in [0.29, 0.717) is 0 Å². The molecule has 0 aliphatic carbocycles. The SMILES string of the molecule is C/C=C\C/C=C\c1ccns1. The molecule has 11 heavy (non-hydrogen) atoms. The molecule has 0 aliphatic rings. The molecule has 1 nitrogen and oxygen atoms in total. The fraction of sp³-hybridized carbons (Fsp3) is 0.222. The maximum atomic E-state index is 3.99. The van der Waals surface area contributed by atoms with E-state index in [1.807, 2.05) is 19.2 Å². The average Bonchev–Trinajstić information content (AvgIpc) is 2.50. The van der Waals surface area contributed by atoms with Crippen LogP contribution >= 0.6 is 11.5 Å². The van der Waals surface area contributed by atoms with Crippen LogP contribution in [0.5, 0.6) is 0 Å². The molecule has 1 aromatic rings. The molecule has 0 aromatic carbocycles. The van der Waals surface area contributed by atoms with Gasteiger partial charge in [0.15, 0.2) is 0 Å². The van der Waals surface area contributed by atoms with Crippen LogP contribution in [-0.4, -0.2) is 4.37 Å². The van der Waals surface area contributed by atoms with Crippen LogP contribution in [0.25, 0.3) is 6.08 Å². The molecule has 0 saturated carbocycles. The second-order valence-corrected chi connectivity index (χ2v) is 2.99. The van der Waals surface area contributed by atoms with Crippen LogP contribution in [-0.2, 0) is 0 Å². The van der Waals surface area contributed by atoms with E-state index in [4.69, 9.17) is 0 Å². The Morgan fingerprint density at radius 2 is 2.45 bits per heavy atom. The first-order valence-electron chi connectivity index (χ1n) is 3.62. The second-order valence-electron chi connectivity index (χ2n) is 2.12. The smallest absolute Gasteiger partial charge is 0.0474 e. The molecular weight excluding hydrogens is 154 g/mol. The summed E-state index contributed by atoms with van der Waals surface area (Å²) < 4.78 is 3.99. The van der Waals surface area contributed by atoms with Gasteiger partial charge in [-0.05, 0) is 37.0 Å². The first kappa shape index (κ1) is 8.21. The van der Waals surface area contributed by atoms with Crippen molar-refractivity contribution in [2.75, 3.05) is 0 Å². The van der Waals surface area contributed by atoms with Crippen LogP contribution in [0, 0.1) is 0 Å². The van der Waals surface area contributed by atoms with E-state index in [1.165, 1.54) is 16.4 Å². The summed E-state index contributed by atoms with van der Waals surface area (Å²) in [5.74, 6) is 0. The Kier molecular flexibility index (Phi) is 3.62. The third-order valence-electron chi connectivity index (χ3n) is 1.25. The van der Waals surface area contributed by atoms with Crippen molar-refractivity contribution in [2.24, 2.45) is 0 Å². The van der Waals surface area contributed by atoms with Crippen molar-refractivity contribution in [3.05, 3.63) is 35.4 Å². The van der Waals surface area contributed by atoms with Crippen LogP contribution in [0.1, 0.15) is 18.2 Å². The number of aromatic nitrogens is 1. The number of nitrogens with zero attached hydrogens (tertiary/aromatic N) is 1. The maximum Gasteiger partial charge on any atom is 0.0474 e. The third-order valence-corrected chi connectivity index (χ3v) is 1.96. The molecule has 1 rings (SSSR count). The van der Waals surface area contributed by atoms with Gasteiger partial charge in [0.25, 0.3) is 0 Å². The minimum atomic E-state index is 1.01. The Labute approximate surface area is 71.2 Å². The minimum Gasteiger partial charge on any atom is -0.201 e. The molecular formula is C9H11NS.